The molecule has 2 heterocycles. The van der Waals surface area contributed by atoms with Crippen molar-refractivity contribution in [2.45, 2.75) is 20.5 Å². The summed E-state index contributed by atoms with van der Waals surface area (Å²) in [6, 6.07) is 33.9. The van der Waals surface area contributed by atoms with Crippen LogP contribution in [-0.4, -0.2) is 50.9 Å². The Bertz CT molecular complexity index is 1810. The van der Waals surface area contributed by atoms with Crippen LogP contribution in [0.5, 0.6) is 11.5 Å². The van der Waals surface area contributed by atoms with Gasteiger partial charge < -0.3 is 28.8 Å². The van der Waals surface area contributed by atoms with Gasteiger partial charge in [0.1, 0.15) is 31.3 Å². The van der Waals surface area contributed by atoms with Crippen molar-refractivity contribution in [2.24, 2.45) is 0 Å². The number of para-hydroxylation sites is 2. The predicted molar refractivity (Wildman–Crippen MR) is 173 cm³/mol. The summed E-state index contributed by atoms with van der Waals surface area (Å²) < 4.78 is 15.4. The number of nitrogens with zero attached hydrogens (tertiary/aromatic N) is 2. The highest BCUT2D eigenvalue weighted by molar-refractivity contribution is 6.00. The second-order valence-corrected chi connectivity index (χ2v) is 9.77. The monoisotopic (exact) mass is 592 g/mol. The second-order valence-electron chi connectivity index (χ2n) is 9.77. The van der Waals surface area contributed by atoms with E-state index in [1.807, 2.05) is 113 Å². The number of aliphatic hydroxyl groups excluding tert-OH is 1. The highest BCUT2D eigenvalue weighted by Crippen LogP contribution is 2.20. The zero-order valence-corrected chi connectivity index (χ0v) is 23.5. The number of carbonyl (C=O) groups is 2. The fourth-order valence-electron chi connectivity index (χ4n) is 4.71. The van der Waals surface area contributed by atoms with Gasteiger partial charge in [-0.15, -0.1) is 0 Å². The molecule has 8 heteroatoms. The molecule has 6 rings (SSSR count). The Morgan fingerprint density at radius 3 is 1.52 bits per heavy atom. The Morgan fingerprint density at radius 1 is 0.614 bits per heavy atom. The lowest BCUT2D eigenvalue weighted by atomic mass is 10.1. The molecule has 0 atom stereocenters. The highest BCUT2D eigenvalue weighted by atomic mass is 16.5. The van der Waals surface area contributed by atoms with Crippen LogP contribution in [0.1, 0.15) is 28.1 Å². The molecule has 0 radical (unpaired) electrons. The number of aliphatic hydroxyl groups is 1. The normalized spacial score (nSPS) is 10.5. The number of carboxylic acids is 1. The minimum atomic E-state index is -0.912. The van der Waals surface area contributed by atoms with Gasteiger partial charge in [-0.2, -0.15) is 0 Å². The smallest absolute Gasteiger partial charge is 0.335 e. The number of Topliss-reactive ketones (excluding diaryl/α,β-unsaturated/α-hetero) is 1. The largest absolute Gasteiger partial charge is 0.492 e. The van der Waals surface area contributed by atoms with Gasteiger partial charge in [0.05, 0.1) is 18.7 Å². The van der Waals surface area contributed by atoms with E-state index >= 15 is 0 Å². The van der Waals surface area contributed by atoms with Gasteiger partial charge >= 0.3 is 5.97 Å². The molecule has 44 heavy (non-hydrogen) atoms. The number of hydrogen-bond donors (Lipinski definition) is 2. The quantitative estimate of drug-likeness (QED) is 0.158. The maximum absolute atomic E-state index is 11.6. The SMILES string of the molecule is C.O=C(CO)c1ccc2ccn(CCOc3ccccc3)c2c1.O=C(O)c1ccc2ccn(CCOc3ccccc3)c2c1. The van der Waals surface area contributed by atoms with Crippen LogP contribution in [0.2, 0.25) is 0 Å². The first-order chi connectivity index (χ1) is 21.0. The van der Waals surface area contributed by atoms with Gasteiger partial charge in [-0.3, -0.25) is 4.79 Å². The van der Waals surface area contributed by atoms with Crippen molar-refractivity contribution in [3.63, 3.8) is 0 Å². The number of carboxylic acid groups (broad SMARTS) is 1. The van der Waals surface area contributed by atoms with E-state index in [9.17, 15) is 9.59 Å². The number of fused-ring (bicyclic) bond motifs is 2. The van der Waals surface area contributed by atoms with E-state index in [2.05, 4.69) is 0 Å². The summed E-state index contributed by atoms with van der Waals surface area (Å²) in [5.74, 6) is 0.496. The van der Waals surface area contributed by atoms with Gasteiger partial charge in [0.15, 0.2) is 5.78 Å². The first-order valence-electron chi connectivity index (χ1n) is 13.9. The Morgan fingerprint density at radius 2 is 1.07 bits per heavy atom. The topological polar surface area (TPSA) is 103 Å². The molecule has 0 spiro atoms. The zero-order chi connectivity index (χ0) is 30.0. The Labute approximate surface area is 256 Å². The van der Waals surface area contributed by atoms with Crippen LogP contribution in [-0.2, 0) is 13.1 Å². The van der Waals surface area contributed by atoms with Gasteiger partial charge in [-0.25, -0.2) is 4.79 Å². The molecule has 0 aliphatic rings. The summed E-state index contributed by atoms with van der Waals surface area (Å²) in [5.41, 5.74) is 2.70. The molecule has 8 nitrogen and oxygen atoms in total. The van der Waals surface area contributed by atoms with Crippen LogP contribution in [0, 0.1) is 0 Å². The first-order valence-corrected chi connectivity index (χ1v) is 13.9. The van der Waals surface area contributed by atoms with Crippen molar-refractivity contribution in [3.05, 3.63) is 133 Å². The zero-order valence-electron chi connectivity index (χ0n) is 23.5. The van der Waals surface area contributed by atoms with E-state index in [0.717, 1.165) is 33.3 Å². The molecular formula is C36H36N2O6. The van der Waals surface area contributed by atoms with Gasteiger partial charge in [-0.1, -0.05) is 62.0 Å². The fourth-order valence-corrected chi connectivity index (χ4v) is 4.71. The average Bonchev–Trinajstić information content (AvgIpc) is 3.65. The molecule has 0 aliphatic carbocycles. The lowest BCUT2D eigenvalue weighted by molar-refractivity contribution is 0.0696. The van der Waals surface area contributed by atoms with Crippen LogP contribution in [0.4, 0.5) is 0 Å². The summed E-state index contributed by atoms with van der Waals surface area (Å²) in [6.07, 6.45) is 3.93. The number of aromatic carboxylic acids is 1. The van der Waals surface area contributed by atoms with Crippen molar-refractivity contribution in [1.29, 1.82) is 0 Å². The van der Waals surface area contributed by atoms with Gasteiger partial charge in [0.2, 0.25) is 0 Å². The molecule has 2 aromatic heterocycles. The van der Waals surface area contributed by atoms with Crippen LogP contribution in [0.25, 0.3) is 21.8 Å². The molecule has 4 aromatic carbocycles. The number of aromatic nitrogens is 2. The van der Waals surface area contributed by atoms with E-state index in [1.54, 1.807) is 18.2 Å². The molecule has 0 saturated carbocycles. The van der Waals surface area contributed by atoms with E-state index in [0.29, 0.717) is 37.4 Å². The number of ether oxygens (including phenoxy) is 2. The molecule has 0 amide bonds. The molecule has 0 bridgehead atoms. The van der Waals surface area contributed by atoms with E-state index in [-0.39, 0.29) is 13.2 Å². The molecule has 6 aromatic rings. The van der Waals surface area contributed by atoms with E-state index in [4.69, 9.17) is 19.7 Å². The molecule has 0 aliphatic heterocycles. The lowest BCUT2D eigenvalue weighted by Gasteiger charge is -2.08. The minimum Gasteiger partial charge on any atom is -0.492 e. The summed E-state index contributed by atoms with van der Waals surface area (Å²) in [4.78, 5) is 22.6. The number of hydrogen-bond acceptors (Lipinski definition) is 5. The van der Waals surface area contributed by atoms with Crippen molar-refractivity contribution in [2.75, 3.05) is 19.8 Å². The van der Waals surface area contributed by atoms with Gasteiger partial charge in [0.25, 0.3) is 0 Å². The first kappa shape index (κ1) is 31.6. The lowest BCUT2D eigenvalue weighted by Crippen LogP contribution is -2.08. The number of carbonyl (C=O) groups excluding carboxylic acids is 1. The van der Waals surface area contributed by atoms with Crippen molar-refractivity contribution >= 4 is 33.6 Å². The molecule has 226 valence electrons. The number of ketones is 1. The van der Waals surface area contributed by atoms with Crippen molar-refractivity contribution in [3.8, 4) is 11.5 Å². The third-order valence-corrected chi connectivity index (χ3v) is 6.95. The highest BCUT2D eigenvalue weighted by Gasteiger charge is 2.09. The maximum atomic E-state index is 11.6. The van der Waals surface area contributed by atoms with E-state index in [1.165, 1.54) is 0 Å². The fraction of sp³-hybridized carbons (Fsp3) is 0.167. The Hall–Kier alpha value is -5.34. The summed E-state index contributed by atoms with van der Waals surface area (Å²) in [5, 5.41) is 20.1. The van der Waals surface area contributed by atoms with E-state index < -0.39 is 12.6 Å². The van der Waals surface area contributed by atoms with Crippen molar-refractivity contribution < 1.29 is 29.3 Å². The standard InChI is InChI=1S/C18H17NO3.C17H15NO3.CH4/c20-13-18(21)15-7-6-14-8-9-19(17(14)12-15)10-11-22-16-4-2-1-3-5-16;19-17(20)14-7-6-13-8-9-18(16(13)12-14)10-11-21-15-4-2-1-3-5-15;/h1-9,12,20H,10-11,13H2;1-9,12H,10-11H2,(H,19,20);1H4. The number of rotatable bonds is 11. The van der Waals surface area contributed by atoms with Crippen LogP contribution in [0.15, 0.2) is 122 Å². The average molecular weight is 593 g/mol. The number of benzene rings is 4. The van der Waals surface area contributed by atoms with Crippen LogP contribution < -0.4 is 9.47 Å². The minimum absolute atomic E-state index is 0. The second kappa shape index (κ2) is 15.2. The molecule has 0 saturated heterocycles. The molecule has 2 N–H and O–H groups in total. The summed E-state index contributed by atoms with van der Waals surface area (Å²) >= 11 is 0. The molecule has 0 fully saturated rings. The molecule has 0 unspecified atom stereocenters. The summed E-state index contributed by atoms with van der Waals surface area (Å²) in [6.45, 7) is 1.97. The van der Waals surface area contributed by atoms with Crippen LogP contribution in [0.3, 0.4) is 0 Å². The maximum Gasteiger partial charge on any atom is 0.335 e. The Kier molecular flexibility index (Phi) is 10.9. The summed E-state index contributed by atoms with van der Waals surface area (Å²) in [7, 11) is 0. The Balaban J connectivity index is 0.000000197. The molecular weight excluding hydrogens is 556 g/mol. The van der Waals surface area contributed by atoms with Crippen LogP contribution >= 0.6 is 0 Å². The van der Waals surface area contributed by atoms with Crippen molar-refractivity contribution in [1.82, 2.24) is 9.13 Å². The predicted octanol–water partition coefficient (Wildman–Crippen LogP) is 6.95. The third-order valence-electron chi connectivity index (χ3n) is 6.95. The third kappa shape index (κ3) is 7.93. The van der Waals surface area contributed by atoms with Gasteiger partial charge in [-0.05, 0) is 65.4 Å². The van der Waals surface area contributed by atoms with Gasteiger partial charge in [0, 0.05) is 29.0 Å².